The van der Waals surface area contributed by atoms with Crippen LogP contribution in [0.15, 0.2) is 18.2 Å². The van der Waals surface area contributed by atoms with Gasteiger partial charge in [-0.25, -0.2) is 0 Å². The molecule has 0 saturated carbocycles. The summed E-state index contributed by atoms with van der Waals surface area (Å²) in [7, 11) is 0. The highest BCUT2D eigenvalue weighted by Gasteiger charge is 2.24. The number of nitro benzene ring substituents is 1. The van der Waals surface area contributed by atoms with E-state index in [-0.39, 0.29) is 18.9 Å². The van der Waals surface area contributed by atoms with Gasteiger partial charge in [0.2, 0.25) is 0 Å². The van der Waals surface area contributed by atoms with Crippen molar-refractivity contribution in [3.8, 4) is 5.75 Å². The third-order valence-electron chi connectivity index (χ3n) is 3.24. The Morgan fingerprint density at radius 1 is 1.37 bits per heavy atom. The molecule has 1 rings (SSSR count). The smallest absolute Gasteiger partial charge is 0.270 e. The summed E-state index contributed by atoms with van der Waals surface area (Å²) >= 11 is 0. The van der Waals surface area contributed by atoms with E-state index in [0.29, 0.717) is 24.2 Å². The van der Waals surface area contributed by atoms with Crippen LogP contribution in [-0.4, -0.2) is 27.3 Å². The van der Waals surface area contributed by atoms with E-state index in [1.54, 1.807) is 0 Å². The van der Waals surface area contributed by atoms with Gasteiger partial charge in [-0.1, -0.05) is 13.8 Å². The van der Waals surface area contributed by atoms with Crippen molar-refractivity contribution >= 4 is 5.69 Å². The zero-order chi connectivity index (χ0) is 14.5. The third-order valence-corrected chi connectivity index (χ3v) is 3.24. The third kappa shape index (κ3) is 3.90. The van der Waals surface area contributed by atoms with E-state index in [1.807, 2.05) is 13.8 Å². The highest BCUT2D eigenvalue weighted by atomic mass is 16.6. The molecule has 0 spiro atoms. The number of rotatable bonds is 7. The summed E-state index contributed by atoms with van der Waals surface area (Å²) in [6.45, 7) is 3.45. The first kappa shape index (κ1) is 15.4. The first-order valence-corrected chi connectivity index (χ1v) is 6.19. The molecular formula is C13H19NO5. The van der Waals surface area contributed by atoms with Gasteiger partial charge in [-0.05, 0) is 18.9 Å². The highest BCUT2D eigenvalue weighted by molar-refractivity contribution is 5.43. The topological polar surface area (TPSA) is 92.8 Å². The minimum absolute atomic E-state index is 0.0881. The SMILES string of the molecule is CCC(O)(CC)COc1ccc([N+](=O)[O-])cc1CO. The number of aliphatic hydroxyl groups excluding tert-OH is 1. The molecule has 0 fully saturated rings. The molecule has 0 saturated heterocycles. The van der Waals surface area contributed by atoms with E-state index in [9.17, 15) is 20.3 Å². The zero-order valence-corrected chi connectivity index (χ0v) is 11.1. The van der Waals surface area contributed by atoms with Gasteiger partial charge >= 0.3 is 0 Å². The highest BCUT2D eigenvalue weighted by Crippen LogP contribution is 2.26. The van der Waals surface area contributed by atoms with Crippen molar-refractivity contribution in [1.82, 2.24) is 0 Å². The Bertz CT molecular complexity index is 443. The lowest BCUT2D eigenvalue weighted by Gasteiger charge is -2.25. The van der Waals surface area contributed by atoms with E-state index < -0.39 is 10.5 Å². The van der Waals surface area contributed by atoms with E-state index in [4.69, 9.17) is 4.74 Å². The molecule has 1 aromatic carbocycles. The van der Waals surface area contributed by atoms with E-state index >= 15 is 0 Å². The van der Waals surface area contributed by atoms with Crippen LogP contribution in [-0.2, 0) is 6.61 Å². The molecule has 0 unspecified atom stereocenters. The summed E-state index contributed by atoms with van der Waals surface area (Å²) in [5.74, 6) is 0.355. The average molecular weight is 269 g/mol. The summed E-state index contributed by atoms with van der Waals surface area (Å²) in [5.41, 5.74) is -0.685. The molecular weight excluding hydrogens is 250 g/mol. The number of non-ortho nitro benzene ring substituents is 1. The molecule has 0 aliphatic carbocycles. The quantitative estimate of drug-likeness (QED) is 0.583. The van der Waals surface area contributed by atoms with Crippen LogP contribution in [0.2, 0.25) is 0 Å². The monoisotopic (exact) mass is 269 g/mol. The van der Waals surface area contributed by atoms with Gasteiger partial charge in [-0.2, -0.15) is 0 Å². The maximum atomic E-state index is 10.6. The van der Waals surface area contributed by atoms with Crippen molar-refractivity contribution in [3.63, 3.8) is 0 Å². The number of nitro groups is 1. The van der Waals surface area contributed by atoms with Gasteiger partial charge in [0, 0.05) is 17.7 Å². The molecule has 0 atom stereocenters. The minimum atomic E-state index is -0.922. The van der Waals surface area contributed by atoms with Crippen molar-refractivity contribution in [2.24, 2.45) is 0 Å². The molecule has 0 bridgehead atoms. The second kappa shape index (κ2) is 6.49. The maximum Gasteiger partial charge on any atom is 0.270 e. The van der Waals surface area contributed by atoms with Crippen molar-refractivity contribution in [2.75, 3.05) is 6.61 Å². The van der Waals surface area contributed by atoms with Crippen molar-refractivity contribution in [2.45, 2.75) is 38.9 Å². The van der Waals surface area contributed by atoms with Crippen molar-refractivity contribution < 1.29 is 19.9 Å². The predicted octanol–water partition coefficient (Wildman–Crippen LogP) is 2.02. The predicted molar refractivity (Wildman–Crippen MR) is 70.0 cm³/mol. The fraction of sp³-hybridized carbons (Fsp3) is 0.538. The molecule has 2 N–H and O–H groups in total. The lowest BCUT2D eigenvalue weighted by atomic mass is 9.99. The number of hydrogen-bond acceptors (Lipinski definition) is 5. The van der Waals surface area contributed by atoms with Crippen molar-refractivity contribution in [3.05, 3.63) is 33.9 Å². The second-order valence-corrected chi connectivity index (χ2v) is 4.43. The van der Waals surface area contributed by atoms with E-state index in [2.05, 4.69) is 0 Å². The molecule has 1 aromatic rings. The Labute approximate surface area is 111 Å². The Balaban J connectivity index is 2.87. The summed E-state index contributed by atoms with van der Waals surface area (Å²) < 4.78 is 5.48. The van der Waals surface area contributed by atoms with E-state index in [1.165, 1.54) is 18.2 Å². The van der Waals surface area contributed by atoms with Crippen LogP contribution in [0.3, 0.4) is 0 Å². The molecule has 106 valence electrons. The van der Waals surface area contributed by atoms with Gasteiger partial charge in [-0.3, -0.25) is 10.1 Å². The Morgan fingerprint density at radius 3 is 2.47 bits per heavy atom. The standard InChI is InChI=1S/C13H19NO5/c1-3-13(16,4-2)9-19-12-6-5-11(14(17)18)7-10(12)8-15/h5-7,15-16H,3-4,8-9H2,1-2H3. The lowest BCUT2D eigenvalue weighted by Crippen LogP contribution is -2.34. The first-order chi connectivity index (χ1) is 8.95. The molecule has 6 nitrogen and oxygen atoms in total. The summed E-state index contributed by atoms with van der Waals surface area (Å²) in [6, 6.07) is 4.02. The van der Waals surface area contributed by atoms with E-state index in [0.717, 1.165) is 0 Å². The van der Waals surface area contributed by atoms with Crippen LogP contribution in [0.25, 0.3) is 0 Å². The zero-order valence-electron chi connectivity index (χ0n) is 11.1. The van der Waals surface area contributed by atoms with Gasteiger partial charge < -0.3 is 14.9 Å². The fourth-order valence-corrected chi connectivity index (χ4v) is 1.61. The maximum absolute atomic E-state index is 10.6. The molecule has 19 heavy (non-hydrogen) atoms. The number of aliphatic hydroxyl groups is 2. The molecule has 0 aliphatic rings. The molecule has 0 aliphatic heterocycles. The molecule has 0 radical (unpaired) electrons. The van der Waals surface area contributed by atoms with Gasteiger partial charge in [0.05, 0.1) is 17.1 Å². The van der Waals surface area contributed by atoms with Gasteiger partial charge in [0.1, 0.15) is 12.4 Å². The van der Waals surface area contributed by atoms with Crippen molar-refractivity contribution in [1.29, 1.82) is 0 Å². The second-order valence-electron chi connectivity index (χ2n) is 4.43. The normalized spacial score (nSPS) is 11.4. The molecule has 6 heteroatoms. The Kier molecular flexibility index (Phi) is 5.26. The summed E-state index contributed by atoms with van der Waals surface area (Å²) in [6.07, 6.45) is 1.09. The lowest BCUT2D eigenvalue weighted by molar-refractivity contribution is -0.385. The summed E-state index contributed by atoms with van der Waals surface area (Å²) in [4.78, 5) is 10.1. The number of benzene rings is 1. The fourth-order valence-electron chi connectivity index (χ4n) is 1.61. The molecule has 0 heterocycles. The van der Waals surface area contributed by atoms with Crippen LogP contribution >= 0.6 is 0 Å². The molecule has 0 aromatic heterocycles. The van der Waals surface area contributed by atoms with Crippen LogP contribution in [0.1, 0.15) is 32.3 Å². The van der Waals surface area contributed by atoms with Crippen LogP contribution in [0.4, 0.5) is 5.69 Å². The Morgan fingerprint density at radius 2 is 2.00 bits per heavy atom. The number of ether oxygens (including phenoxy) is 1. The number of nitrogens with zero attached hydrogens (tertiary/aromatic N) is 1. The van der Waals surface area contributed by atoms with Gasteiger partial charge in [0.15, 0.2) is 0 Å². The minimum Gasteiger partial charge on any atom is -0.490 e. The first-order valence-electron chi connectivity index (χ1n) is 6.19. The summed E-state index contributed by atoms with van der Waals surface area (Å²) in [5, 5.41) is 29.9. The largest absolute Gasteiger partial charge is 0.490 e. The van der Waals surface area contributed by atoms with Gasteiger partial charge in [0.25, 0.3) is 5.69 Å². The Hall–Kier alpha value is -1.66. The average Bonchev–Trinajstić information content (AvgIpc) is 2.44. The van der Waals surface area contributed by atoms with Crippen LogP contribution in [0, 0.1) is 10.1 Å². The molecule has 0 amide bonds. The van der Waals surface area contributed by atoms with Crippen LogP contribution in [0.5, 0.6) is 5.75 Å². The number of hydrogen-bond donors (Lipinski definition) is 2. The van der Waals surface area contributed by atoms with Gasteiger partial charge in [-0.15, -0.1) is 0 Å². The van der Waals surface area contributed by atoms with Crippen LogP contribution < -0.4 is 4.74 Å².